The quantitative estimate of drug-likeness (QED) is 0.488. The van der Waals surface area contributed by atoms with Gasteiger partial charge in [0, 0.05) is 5.69 Å². The molecule has 4 aromatic rings. The topological polar surface area (TPSA) is 119 Å². The fourth-order valence-corrected chi connectivity index (χ4v) is 4.39. The Bertz CT molecular complexity index is 1290. The number of urea groups is 1. The molecule has 0 radical (unpaired) electrons. The molecule has 2 aromatic carbocycles. The Balaban J connectivity index is 1.59. The van der Waals surface area contributed by atoms with Crippen LogP contribution in [-0.2, 0) is 10.0 Å². The summed E-state index contributed by atoms with van der Waals surface area (Å²) in [5, 5.41) is 11.2. The van der Waals surface area contributed by atoms with Crippen LogP contribution in [0.25, 0.3) is 16.0 Å². The summed E-state index contributed by atoms with van der Waals surface area (Å²) in [6, 6.07) is 13.0. The van der Waals surface area contributed by atoms with Crippen molar-refractivity contribution in [3.05, 3.63) is 54.2 Å². The van der Waals surface area contributed by atoms with Gasteiger partial charge < -0.3 is 5.32 Å². The van der Waals surface area contributed by atoms with Gasteiger partial charge >= 0.3 is 6.03 Å². The van der Waals surface area contributed by atoms with Crippen LogP contribution >= 0.6 is 11.3 Å². The molecule has 4 rings (SSSR count). The van der Waals surface area contributed by atoms with Crippen LogP contribution in [0.5, 0.6) is 0 Å². The Morgan fingerprint density at radius 1 is 1.15 bits per heavy atom. The normalized spacial score (nSPS) is 11.8. The van der Waals surface area contributed by atoms with Crippen molar-refractivity contribution in [2.24, 2.45) is 5.14 Å². The van der Waals surface area contributed by atoms with Crippen LogP contribution in [-0.4, -0.2) is 23.8 Å². The maximum Gasteiger partial charge on any atom is 0.324 e. The second-order valence-corrected chi connectivity index (χ2v) is 8.43. The molecule has 2 aromatic heterocycles. The Hall–Kier alpha value is -2.95. The first-order valence-corrected chi connectivity index (χ1v) is 10.3. The van der Waals surface area contributed by atoms with Crippen molar-refractivity contribution < 1.29 is 13.2 Å². The first kappa shape index (κ1) is 17.5. The second-order valence-electron chi connectivity index (χ2n) is 5.89. The molecule has 0 aliphatic carbocycles. The van der Waals surface area contributed by atoms with Crippen molar-refractivity contribution in [1.29, 1.82) is 0 Å². The van der Waals surface area contributed by atoms with E-state index in [1.807, 2.05) is 35.6 Å². The number of hydrogen-bond acceptors (Lipinski definition) is 5. The number of nitrogens with one attached hydrogen (secondary N) is 2. The highest BCUT2D eigenvalue weighted by atomic mass is 32.2. The Labute approximate surface area is 158 Å². The number of sulfonamides is 1. The largest absolute Gasteiger partial charge is 0.324 e. The molecule has 8 nitrogen and oxygen atoms in total. The predicted molar refractivity (Wildman–Crippen MR) is 106 cm³/mol. The van der Waals surface area contributed by atoms with Gasteiger partial charge in [0.2, 0.25) is 10.0 Å². The zero-order valence-corrected chi connectivity index (χ0v) is 15.8. The molecule has 0 aliphatic heterocycles. The first-order chi connectivity index (χ1) is 12.8. The summed E-state index contributed by atoms with van der Waals surface area (Å²) in [6.07, 6.45) is 0. The Morgan fingerprint density at radius 3 is 2.70 bits per heavy atom. The summed E-state index contributed by atoms with van der Waals surface area (Å²) in [6.45, 7) is 1.90. The number of anilines is 2. The number of nitrogens with zero attached hydrogens (tertiary/aromatic N) is 2. The van der Waals surface area contributed by atoms with E-state index in [1.165, 1.54) is 29.5 Å². The standard InChI is InChI=1S/C17H15N5O3S2/c1-10-15(26-17-20-13-7-2-3-8-14(13)22(10)17)21-16(23)19-11-5-4-6-12(9-11)27(18,24)25/h2-9H,1H3,(H2,18,24,25)(H2,19,21,23). The molecule has 27 heavy (non-hydrogen) atoms. The number of aryl methyl sites for hydroxylation is 1. The lowest BCUT2D eigenvalue weighted by Gasteiger charge is -2.08. The number of benzene rings is 2. The highest BCUT2D eigenvalue weighted by Gasteiger charge is 2.16. The van der Waals surface area contributed by atoms with Crippen molar-refractivity contribution in [3.63, 3.8) is 0 Å². The summed E-state index contributed by atoms with van der Waals surface area (Å²) >= 11 is 1.36. The number of rotatable bonds is 3. The van der Waals surface area contributed by atoms with E-state index in [4.69, 9.17) is 5.14 Å². The van der Waals surface area contributed by atoms with Gasteiger partial charge in [0.1, 0.15) is 5.00 Å². The van der Waals surface area contributed by atoms with Crippen molar-refractivity contribution in [2.45, 2.75) is 11.8 Å². The molecule has 138 valence electrons. The van der Waals surface area contributed by atoms with E-state index >= 15 is 0 Å². The van der Waals surface area contributed by atoms with Crippen LogP contribution in [0.1, 0.15) is 5.69 Å². The average Bonchev–Trinajstić information content (AvgIpc) is 3.11. The lowest BCUT2D eigenvalue weighted by atomic mass is 10.3. The molecular formula is C17H15N5O3S2. The highest BCUT2D eigenvalue weighted by molar-refractivity contribution is 7.89. The number of fused-ring (bicyclic) bond motifs is 3. The lowest BCUT2D eigenvalue weighted by molar-refractivity contribution is 0.262. The molecule has 2 amide bonds. The number of carbonyl (C=O) groups excluding carboxylic acids is 1. The van der Waals surface area contributed by atoms with Crippen molar-refractivity contribution in [1.82, 2.24) is 9.38 Å². The van der Waals surface area contributed by atoms with Gasteiger partial charge in [-0.3, -0.25) is 9.72 Å². The van der Waals surface area contributed by atoms with Crippen LogP contribution in [0.15, 0.2) is 53.4 Å². The van der Waals surface area contributed by atoms with Gasteiger partial charge in [-0.15, -0.1) is 0 Å². The number of nitrogens with two attached hydrogens (primary N) is 1. The minimum Gasteiger partial charge on any atom is -0.308 e. The minimum absolute atomic E-state index is 0.0717. The smallest absolute Gasteiger partial charge is 0.308 e. The van der Waals surface area contributed by atoms with Gasteiger partial charge in [0.05, 0.1) is 21.6 Å². The number of para-hydroxylation sites is 2. The summed E-state index contributed by atoms with van der Waals surface area (Å²) < 4.78 is 24.8. The van der Waals surface area contributed by atoms with Gasteiger partial charge in [-0.25, -0.2) is 23.3 Å². The summed E-state index contributed by atoms with van der Waals surface area (Å²) in [5.74, 6) is 0. The zero-order chi connectivity index (χ0) is 19.2. The van der Waals surface area contributed by atoms with Crippen LogP contribution in [0.3, 0.4) is 0 Å². The minimum atomic E-state index is -3.84. The highest BCUT2D eigenvalue weighted by Crippen LogP contribution is 2.31. The van der Waals surface area contributed by atoms with E-state index in [2.05, 4.69) is 15.6 Å². The molecule has 0 aliphatic rings. The fourth-order valence-electron chi connectivity index (χ4n) is 2.80. The van der Waals surface area contributed by atoms with Crippen LogP contribution < -0.4 is 15.8 Å². The van der Waals surface area contributed by atoms with E-state index in [1.54, 1.807) is 6.07 Å². The summed E-state index contributed by atoms with van der Waals surface area (Å²) in [7, 11) is -3.84. The molecule has 0 saturated carbocycles. The van der Waals surface area contributed by atoms with E-state index in [-0.39, 0.29) is 4.90 Å². The Kier molecular flexibility index (Phi) is 4.10. The number of aromatic nitrogens is 2. The maximum absolute atomic E-state index is 12.3. The first-order valence-electron chi connectivity index (χ1n) is 7.90. The monoisotopic (exact) mass is 401 g/mol. The predicted octanol–water partition coefficient (Wildman–Crippen LogP) is 3.15. The number of amides is 2. The third-order valence-corrected chi connectivity index (χ3v) is 6.00. The number of hydrogen-bond donors (Lipinski definition) is 3. The van der Waals surface area contributed by atoms with Gasteiger partial charge in [0.15, 0.2) is 4.96 Å². The van der Waals surface area contributed by atoms with E-state index in [0.717, 1.165) is 21.7 Å². The number of carbonyl (C=O) groups is 1. The molecule has 10 heteroatoms. The third-order valence-electron chi connectivity index (χ3n) is 4.03. The molecule has 2 heterocycles. The molecule has 0 fully saturated rings. The zero-order valence-electron chi connectivity index (χ0n) is 14.1. The van der Waals surface area contributed by atoms with Crippen LogP contribution in [0.2, 0.25) is 0 Å². The van der Waals surface area contributed by atoms with Gasteiger partial charge in [-0.1, -0.05) is 29.5 Å². The van der Waals surface area contributed by atoms with Crippen molar-refractivity contribution in [2.75, 3.05) is 10.6 Å². The third kappa shape index (κ3) is 3.25. The number of thiazole rings is 1. The van der Waals surface area contributed by atoms with E-state index in [9.17, 15) is 13.2 Å². The molecule has 0 unspecified atom stereocenters. The SMILES string of the molecule is Cc1c(NC(=O)Nc2cccc(S(N)(=O)=O)c2)sc2nc3ccccc3n12. The van der Waals surface area contributed by atoms with Gasteiger partial charge in [-0.05, 0) is 37.3 Å². The number of primary sulfonamides is 1. The average molecular weight is 401 g/mol. The van der Waals surface area contributed by atoms with Crippen molar-refractivity contribution in [3.8, 4) is 0 Å². The van der Waals surface area contributed by atoms with Crippen molar-refractivity contribution >= 4 is 54.1 Å². The van der Waals surface area contributed by atoms with Crippen LogP contribution in [0.4, 0.5) is 15.5 Å². The molecule has 4 N–H and O–H groups in total. The maximum atomic E-state index is 12.3. The van der Waals surface area contributed by atoms with E-state index in [0.29, 0.717) is 10.7 Å². The van der Waals surface area contributed by atoms with Gasteiger partial charge in [0.25, 0.3) is 0 Å². The van der Waals surface area contributed by atoms with E-state index < -0.39 is 16.1 Å². The number of imidazole rings is 1. The molecule has 0 atom stereocenters. The lowest BCUT2D eigenvalue weighted by Crippen LogP contribution is -2.20. The molecular weight excluding hydrogens is 386 g/mol. The molecule has 0 bridgehead atoms. The second kappa shape index (κ2) is 6.34. The molecule has 0 spiro atoms. The van der Waals surface area contributed by atoms with Crippen LogP contribution in [0, 0.1) is 6.92 Å². The van der Waals surface area contributed by atoms with Gasteiger partial charge in [-0.2, -0.15) is 0 Å². The molecule has 0 saturated heterocycles. The fraction of sp³-hybridized carbons (Fsp3) is 0.0588. The Morgan fingerprint density at radius 2 is 1.93 bits per heavy atom. The summed E-state index contributed by atoms with van der Waals surface area (Å²) in [4.78, 5) is 17.6. The summed E-state index contributed by atoms with van der Waals surface area (Å²) in [5.41, 5.74) is 3.04.